The van der Waals surface area contributed by atoms with Crippen molar-refractivity contribution in [2.24, 2.45) is 17.8 Å². The third kappa shape index (κ3) is 8.25. The summed E-state index contributed by atoms with van der Waals surface area (Å²) in [5, 5.41) is 16.3. The van der Waals surface area contributed by atoms with E-state index in [4.69, 9.17) is 9.40 Å². The number of ketones is 1. The predicted octanol–water partition coefficient (Wildman–Crippen LogP) is 11.6. The van der Waals surface area contributed by atoms with Crippen LogP contribution in [0, 0.1) is 23.8 Å². The molecule has 0 saturated carbocycles. The number of aromatic nitrogens is 1. The molecule has 6 heteroatoms. The summed E-state index contributed by atoms with van der Waals surface area (Å²) in [7, 11) is -1.92. The number of carbonyl (C=O) groups excluding carboxylic acids is 1. The van der Waals surface area contributed by atoms with Gasteiger partial charge in [0.15, 0.2) is 5.78 Å². The Morgan fingerprint density at radius 1 is 0.923 bits per heavy atom. The fourth-order valence-electron chi connectivity index (χ4n) is 7.82. The second-order valence-corrected chi connectivity index (χ2v) is 20.6. The average Bonchev–Trinajstić information content (AvgIpc) is 3.58. The first-order valence-corrected chi connectivity index (χ1v) is 22.1. The molecule has 1 aliphatic rings. The number of carbonyl (C=O) groups is 1. The van der Waals surface area contributed by atoms with Crippen LogP contribution in [0.2, 0.25) is 13.1 Å². The number of nitrogens with zero attached hydrogens (tertiary/aromatic N) is 1. The Balaban J connectivity index is 0.000000323. The molecular weight excluding hydrogens is 835 g/mol. The van der Waals surface area contributed by atoms with Crippen LogP contribution >= 0.6 is 0 Å². The normalized spacial score (nSPS) is 13.7. The van der Waals surface area contributed by atoms with Crippen molar-refractivity contribution >= 4 is 46.0 Å². The molecule has 0 unspecified atom stereocenters. The van der Waals surface area contributed by atoms with E-state index in [1.807, 2.05) is 33.9 Å². The van der Waals surface area contributed by atoms with Gasteiger partial charge in [-0.15, -0.1) is 29.1 Å². The van der Waals surface area contributed by atoms with E-state index in [1.54, 1.807) is 0 Å². The summed E-state index contributed by atoms with van der Waals surface area (Å²) in [5.74, 6) is 2.25. The fourth-order valence-corrected chi connectivity index (χ4v) is 11.1. The Morgan fingerprint density at radius 3 is 2.19 bits per heavy atom. The van der Waals surface area contributed by atoms with Gasteiger partial charge in [-0.3, -0.25) is 9.78 Å². The second kappa shape index (κ2) is 16.8. The van der Waals surface area contributed by atoms with Crippen molar-refractivity contribution in [3.8, 4) is 22.6 Å². The van der Waals surface area contributed by atoms with E-state index in [9.17, 15) is 9.90 Å². The number of fused-ring (bicyclic) bond motifs is 6. The third-order valence-electron chi connectivity index (χ3n) is 10.8. The molecule has 6 rings (SSSR count). The average molecular weight is 893 g/mol. The van der Waals surface area contributed by atoms with Gasteiger partial charge in [-0.2, -0.15) is 0 Å². The number of allylic oxidation sites excluding steroid dienone is 2. The number of pyridine rings is 1. The van der Waals surface area contributed by atoms with Crippen molar-refractivity contribution in [1.82, 2.24) is 4.98 Å². The maximum atomic E-state index is 11.7. The third-order valence-corrected chi connectivity index (χ3v) is 14.3. The molecule has 279 valence electrons. The first kappa shape index (κ1) is 41.4. The number of benzene rings is 3. The van der Waals surface area contributed by atoms with Gasteiger partial charge in [0.2, 0.25) is 0 Å². The summed E-state index contributed by atoms with van der Waals surface area (Å²) < 4.78 is 6.77. The van der Waals surface area contributed by atoms with E-state index >= 15 is 0 Å². The molecule has 0 amide bonds. The van der Waals surface area contributed by atoms with Crippen LogP contribution in [0.25, 0.3) is 44.3 Å². The van der Waals surface area contributed by atoms with Crippen LogP contribution in [0.3, 0.4) is 0 Å². The molecule has 0 spiro atoms. The van der Waals surface area contributed by atoms with Crippen molar-refractivity contribution in [2.45, 2.75) is 113 Å². The van der Waals surface area contributed by atoms with Gasteiger partial charge in [-0.1, -0.05) is 123 Å². The summed E-state index contributed by atoms with van der Waals surface area (Å²) in [6, 6.07) is 23.7. The van der Waals surface area contributed by atoms with Crippen molar-refractivity contribution in [3.05, 3.63) is 89.8 Å². The van der Waals surface area contributed by atoms with Crippen LogP contribution in [0.15, 0.2) is 77.0 Å². The quantitative estimate of drug-likeness (QED) is 0.0657. The second-order valence-electron chi connectivity index (χ2n) is 16.3. The van der Waals surface area contributed by atoms with Crippen molar-refractivity contribution < 1.29 is 34.4 Å². The topological polar surface area (TPSA) is 63.3 Å². The van der Waals surface area contributed by atoms with Crippen molar-refractivity contribution in [2.75, 3.05) is 0 Å². The Hall–Kier alpha value is -3.31. The summed E-state index contributed by atoms with van der Waals surface area (Å²) >= 11 is 0. The minimum Gasteiger partial charge on any atom is -0.512 e. The largest absolute Gasteiger partial charge is 0.512 e. The molecule has 2 aromatic heterocycles. The van der Waals surface area contributed by atoms with Gasteiger partial charge in [0.1, 0.15) is 19.4 Å². The van der Waals surface area contributed by atoms with Crippen LogP contribution in [-0.2, 0) is 36.7 Å². The zero-order chi connectivity index (χ0) is 37.2. The maximum Gasteiger partial charge on any atom is 0.162 e. The van der Waals surface area contributed by atoms with Gasteiger partial charge in [-0.05, 0) is 65.4 Å². The maximum absolute atomic E-state index is 11.7. The van der Waals surface area contributed by atoms with Gasteiger partial charge < -0.3 is 9.52 Å². The van der Waals surface area contributed by atoms with Crippen LogP contribution in [-0.4, -0.2) is 23.9 Å². The first-order chi connectivity index (χ1) is 24.2. The van der Waals surface area contributed by atoms with Gasteiger partial charge >= 0.3 is 0 Å². The summed E-state index contributed by atoms with van der Waals surface area (Å²) in [6.45, 7) is 24.4. The van der Waals surface area contributed by atoms with Crippen molar-refractivity contribution in [1.29, 1.82) is 0 Å². The molecule has 0 fully saturated rings. The van der Waals surface area contributed by atoms with E-state index in [-0.39, 0.29) is 48.9 Å². The first-order valence-electron chi connectivity index (χ1n) is 19.1. The van der Waals surface area contributed by atoms with Gasteiger partial charge in [-0.25, -0.2) is 0 Å². The number of rotatable bonds is 10. The molecule has 1 N–H and O–H groups in total. The van der Waals surface area contributed by atoms with Gasteiger partial charge in [0.05, 0.1) is 5.76 Å². The van der Waals surface area contributed by atoms with Crippen LogP contribution < -0.4 is 10.4 Å². The molecule has 1 radical (unpaired) electrons. The van der Waals surface area contributed by atoms with E-state index < -0.39 is 8.07 Å². The summed E-state index contributed by atoms with van der Waals surface area (Å²) in [4.78, 5) is 16.6. The molecule has 3 aromatic carbocycles. The monoisotopic (exact) mass is 893 g/mol. The molecular formula is C46H58IrNO3Si-. The molecule has 3 heterocycles. The predicted molar refractivity (Wildman–Crippen MR) is 219 cm³/mol. The smallest absolute Gasteiger partial charge is 0.162 e. The Bertz CT molecular complexity index is 2060. The van der Waals surface area contributed by atoms with Crippen molar-refractivity contribution in [3.63, 3.8) is 0 Å². The summed E-state index contributed by atoms with van der Waals surface area (Å²) in [5.41, 5.74) is 6.80. The summed E-state index contributed by atoms with van der Waals surface area (Å²) in [6.07, 6.45) is 7.97. The number of aliphatic hydroxyl groups excluding tert-OH is 1. The number of hydrogen-bond donors (Lipinski definition) is 1. The van der Waals surface area contributed by atoms with Crippen LogP contribution in [0.1, 0.15) is 99.1 Å². The van der Waals surface area contributed by atoms with Crippen LogP contribution in [0.4, 0.5) is 0 Å². The Labute approximate surface area is 326 Å². The molecule has 0 aliphatic carbocycles. The molecule has 52 heavy (non-hydrogen) atoms. The molecule has 0 atom stereocenters. The molecule has 1 aliphatic heterocycles. The Morgan fingerprint density at radius 2 is 1.58 bits per heavy atom. The number of hydrogen-bond acceptors (Lipinski definition) is 4. The van der Waals surface area contributed by atoms with Crippen LogP contribution in [0.5, 0.6) is 0 Å². The Kier molecular flexibility index (Phi) is 13.4. The molecule has 0 saturated heterocycles. The van der Waals surface area contributed by atoms with Gasteiger partial charge in [0.25, 0.3) is 0 Å². The van der Waals surface area contributed by atoms with E-state index in [0.717, 1.165) is 60.1 Å². The van der Waals surface area contributed by atoms with E-state index in [1.165, 1.54) is 43.9 Å². The minimum absolute atomic E-state index is 0. The SMILES string of the molecule is CC(C)Cc1ccc2c(c1)[Si](C)(C)c1c-2oc2c(-c3[c-]c4ccccc4c(C(C)(C)C)c3)nccc12.CCC(CC)C(=O)/C=C(\O)C(CC)CC.[Ir]. The zero-order valence-electron chi connectivity index (χ0n) is 33.2. The van der Waals surface area contributed by atoms with E-state index in [0.29, 0.717) is 5.92 Å². The molecule has 5 aromatic rings. The number of aliphatic hydroxyl groups is 1. The minimum atomic E-state index is -1.92. The molecule has 0 bridgehead atoms. The number of furan rings is 1. The standard InChI is InChI=1S/C33H34NOSi.C13H24O2.Ir/c1-20(2)16-21-12-13-25-28(17-21)36(6,7)32-26-14-15-34-29(30(26)35-31(25)32)23-18-22-10-8-9-11-24(22)27(19-23)33(3,4)5;1-5-10(6-2)12(14)9-13(15)11(7-3)8-4;/h8-15,17,19-20H,16H2,1-7H3;9-11,14H,5-8H2,1-4H3;/q-1;;/b;12-9-;. The molecule has 4 nitrogen and oxygen atoms in total. The fraction of sp³-hybridized carbons (Fsp3) is 0.435. The zero-order valence-corrected chi connectivity index (χ0v) is 36.6. The van der Waals surface area contributed by atoms with E-state index in [2.05, 4.69) is 108 Å². The van der Waals surface area contributed by atoms with Gasteiger partial charge in [0, 0.05) is 60.9 Å².